The van der Waals surface area contributed by atoms with Gasteiger partial charge < -0.3 is 0 Å². The molecule has 0 aliphatic carbocycles. The fraction of sp³-hybridized carbons (Fsp3) is 1.00. The molecule has 0 saturated heterocycles. The van der Waals surface area contributed by atoms with Crippen LogP contribution in [0.15, 0.2) is 5.18 Å². The Morgan fingerprint density at radius 1 is 0.857 bits per heavy atom. The Hall–Kier alpha value is -0.400. The van der Waals surface area contributed by atoms with Crippen LogP contribution in [0.2, 0.25) is 0 Å². The van der Waals surface area contributed by atoms with Crippen molar-refractivity contribution in [3.05, 3.63) is 4.91 Å². The predicted octanol–water partition coefficient (Wildman–Crippen LogP) is 4.53. The molecule has 0 aromatic heterocycles. The highest BCUT2D eigenvalue weighted by atomic mass is 16.3. The minimum Gasteiger partial charge on any atom is -0.151 e. The molecule has 0 bridgehead atoms. The standard InChI is InChI=1S/C12H25NO/c1-11(2)9-7-5-4-6-8-10-12(3)13-14/h11-12H,4-10H2,1-3H3/t12-/m1/s1. The smallest absolute Gasteiger partial charge is 0.0891 e. The van der Waals surface area contributed by atoms with Crippen LogP contribution in [-0.2, 0) is 0 Å². The largest absolute Gasteiger partial charge is 0.151 e. The van der Waals surface area contributed by atoms with Crippen LogP contribution >= 0.6 is 0 Å². The first-order valence-corrected chi connectivity index (χ1v) is 5.99. The summed E-state index contributed by atoms with van der Waals surface area (Å²) in [6.45, 7) is 6.45. The summed E-state index contributed by atoms with van der Waals surface area (Å²) in [5, 5.41) is 3.00. The maximum absolute atomic E-state index is 10.1. The van der Waals surface area contributed by atoms with Gasteiger partial charge in [-0.05, 0) is 19.3 Å². The predicted molar refractivity (Wildman–Crippen MR) is 62.4 cm³/mol. The Morgan fingerprint density at radius 3 is 1.86 bits per heavy atom. The molecule has 1 atom stereocenters. The number of nitroso groups, excluding NO2 is 1. The molecule has 14 heavy (non-hydrogen) atoms. The van der Waals surface area contributed by atoms with Crippen LogP contribution in [0.3, 0.4) is 0 Å². The quantitative estimate of drug-likeness (QED) is 0.396. The number of unbranched alkanes of at least 4 members (excludes halogenated alkanes) is 4. The maximum atomic E-state index is 10.1. The normalized spacial score (nSPS) is 13.1. The minimum absolute atomic E-state index is 0.0191. The second kappa shape index (κ2) is 9.17. The van der Waals surface area contributed by atoms with Crippen molar-refractivity contribution in [1.82, 2.24) is 0 Å². The van der Waals surface area contributed by atoms with Crippen molar-refractivity contribution < 1.29 is 0 Å². The first kappa shape index (κ1) is 13.6. The Balaban J connectivity index is 3.02. The third-order valence-electron chi connectivity index (χ3n) is 2.58. The summed E-state index contributed by atoms with van der Waals surface area (Å²) in [6.07, 6.45) is 8.77. The molecule has 0 unspecified atom stereocenters. The highest BCUT2D eigenvalue weighted by Gasteiger charge is 1.99. The lowest BCUT2D eigenvalue weighted by Crippen LogP contribution is -1.95. The molecule has 0 aliphatic rings. The lowest BCUT2D eigenvalue weighted by atomic mass is 10.0. The van der Waals surface area contributed by atoms with Crippen molar-refractivity contribution >= 4 is 0 Å². The molecule has 0 radical (unpaired) electrons. The number of nitrogens with zero attached hydrogens (tertiary/aromatic N) is 1. The summed E-state index contributed by atoms with van der Waals surface area (Å²) in [5.74, 6) is 0.842. The van der Waals surface area contributed by atoms with Gasteiger partial charge in [0.15, 0.2) is 0 Å². The van der Waals surface area contributed by atoms with Crippen LogP contribution in [0.4, 0.5) is 0 Å². The van der Waals surface area contributed by atoms with Gasteiger partial charge in [-0.2, -0.15) is 4.91 Å². The van der Waals surface area contributed by atoms with Crippen molar-refractivity contribution in [2.24, 2.45) is 11.1 Å². The molecule has 0 fully saturated rings. The molecular formula is C12H25NO. The molecule has 2 nitrogen and oxygen atoms in total. The van der Waals surface area contributed by atoms with Crippen molar-refractivity contribution in [2.45, 2.75) is 71.8 Å². The van der Waals surface area contributed by atoms with E-state index in [0.29, 0.717) is 0 Å². The van der Waals surface area contributed by atoms with Crippen LogP contribution in [0.5, 0.6) is 0 Å². The number of rotatable bonds is 9. The number of hydrogen-bond donors (Lipinski definition) is 0. The molecular weight excluding hydrogens is 174 g/mol. The number of hydrogen-bond acceptors (Lipinski definition) is 2. The van der Waals surface area contributed by atoms with Crippen LogP contribution < -0.4 is 0 Å². The van der Waals surface area contributed by atoms with E-state index in [0.717, 1.165) is 18.8 Å². The van der Waals surface area contributed by atoms with Gasteiger partial charge in [0.05, 0.1) is 6.04 Å². The molecule has 0 saturated carbocycles. The maximum Gasteiger partial charge on any atom is 0.0891 e. The van der Waals surface area contributed by atoms with Gasteiger partial charge in [0.1, 0.15) is 0 Å². The fourth-order valence-electron chi connectivity index (χ4n) is 1.58. The zero-order chi connectivity index (χ0) is 10.8. The van der Waals surface area contributed by atoms with E-state index in [2.05, 4.69) is 19.0 Å². The summed E-state index contributed by atoms with van der Waals surface area (Å²) in [4.78, 5) is 10.1. The molecule has 0 rings (SSSR count). The van der Waals surface area contributed by atoms with E-state index in [9.17, 15) is 4.91 Å². The third-order valence-corrected chi connectivity index (χ3v) is 2.58. The summed E-state index contributed by atoms with van der Waals surface area (Å²) in [5.41, 5.74) is 0. The Kier molecular flexibility index (Phi) is 8.90. The van der Waals surface area contributed by atoms with Crippen LogP contribution in [-0.4, -0.2) is 6.04 Å². The van der Waals surface area contributed by atoms with Gasteiger partial charge in [0, 0.05) is 0 Å². The molecule has 0 N–H and O–H groups in total. The summed E-state index contributed by atoms with van der Waals surface area (Å²) >= 11 is 0. The van der Waals surface area contributed by atoms with Gasteiger partial charge in [-0.3, -0.25) is 0 Å². The molecule has 0 heterocycles. The van der Waals surface area contributed by atoms with Crippen molar-refractivity contribution in [1.29, 1.82) is 0 Å². The van der Waals surface area contributed by atoms with E-state index in [4.69, 9.17) is 0 Å². The molecule has 0 aromatic rings. The summed E-state index contributed by atoms with van der Waals surface area (Å²) < 4.78 is 0. The minimum atomic E-state index is 0.0191. The fourth-order valence-corrected chi connectivity index (χ4v) is 1.58. The van der Waals surface area contributed by atoms with E-state index >= 15 is 0 Å². The summed E-state index contributed by atoms with van der Waals surface area (Å²) in [7, 11) is 0. The molecule has 0 amide bonds. The summed E-state index contributed by atoms with van der Waals surface area (Å²) in [6, 6.07) is 0.0191. The van der Waals surface area contributed by atoms with Crippen molar-refractivity contribution in [3.8, 4) is 0 Å². The molecule has 0 aliphatic heterocycles. The SMILES string of the molecule is CC(C)CCCCCCC[C@@H](C)N=O. The van der Waals surface area contributed by atoms with Gasteiger partial charge in [0.2, 0.25) is 0 Å². The van der Waals surface area contributed by atoms with Gasteiger partial charge in [-0.1, -0.05) is 57.5 Å². The average molecular weight is 199 g/mol. The van der Waals surface area contributed by atoms with Crippen molar-refractivity contribution in [3.63, 3.8) is 0 Å². The average Bonchev–Trinajstić information content (AvgIpc) is 2.15. The van der Waals surface area contributed by atoms with E-state index in [1.54, 1.807) is 0 Å². The third kappa shape index (κ3) is 9.69. The monoisotopic (exact) mass is 199 g/mol. The zero-order valence-electron chi connectivity index (χ0n) is 9.96. The molecule has 0 spiro atoms. The van der Waals surface area contributed by atoms with E-state index < -0.39 is 0 Å². The van der Waals surface area contributed by atoms with E-state index in [1.165, 1.54) is 32.1 Å². The van der Waals surface area contributed by atoms with Crippen LogP contribution in [0, 0.1) is 10.8 Å². The molecule has 2 heteroatoms. The first-order chi connectivity index (χ1) is 6.66. The molecule has 0 aromatic carbocycles. The van der Waals surface area contributed by atoms with Gasteiger partial charge >= 0.3 is 0 Å². The lowest BCUT2D eigenvalue weighted by molar-refractivity contribution is 0.504. The zero-order valence-corrected chi connectivity index (χ0v) is 9.96. The molecule has 84 valence electrons. The highest BCUT2D eigenvalue weighted by molar-refractivity contribution is 4.58. The Labute approximate surface area is 88.4 Å². The Morgan fingerprint density at radius 2 is 1.36 bits per heavy atom. The lowest BCUT2D eigenvalue weighted by Gasteiger charge is -2.04. The van der Waals surface area contributed by atoms with Gasteiger partial charge in [-0.25, -0.2) is 0 Å². The van der Waals surface area contributed by atoms with Gasteiger partial charge in [-0.15, -0.1) is 0 Å². The second-order valence-electron chi connectivity index (χ2n) is 4.69. The van der Waals surface area contributed by atoms with Crippen LogP contribution in [0.25, 0.3) is 0 Å². The van der Waals surface area contributed by atoms with E-state index in [-0.39, 0.29) is 6.04 Å². The van der Waals surface area contributed by atoms with Crippen molar-refractivity contribution in [2.75, 3.05) is 0 Å². The second-order valence-corrected chi connectivity index (χ2v) is 4.69. The van der Waals surface area contributed by atoms with Gasteiger partial charge in [0.25, 0.3) is 0 Å². The highest BCUT2D eigenvalue weighted by Crippen LogP contribution is 2.12. The topological polar surface area (TPSA) is 29.4 Å². The van der Waals surface area contributed by atoms with Crippen LogP contribution in [0.1, 0.15) is 65.7 Å². The van der Waals surface area contributed by atoms with E-state index in [1.807, 2.05) is 6.92 Å². The Bertz CT molecular complexity index is 134. The first-order valence-electron chi connectivity index (χ1n) is 5.99.